The van der Waals surface area contributed by atoms with Crippen molar-refractivity contribution in [3.63, 3.8) is 0 Å². The molecule has 0 aromatic rings. The van der Waals surface area contributed by atoms with E-state index in [9.17, 15) is 0 Å². The van der Waals surface area contributed by atoms with Crippen molar-refractivity contribution < 1.29 is 9.47 Å². The second kappa shape index (κ2) is 8.71. The molecular weight excluding hydrogens is 345 g/mol. The number of ether oxygens (including phenoxy) is 2. The molecule has 2 rings (SSSR count). The SMILES string of the molecule is I.NC(=NCC1=CCCOC1)NCC1CCCO1. The molecule has 2 aliphatic rings. The van der Waals surface area contributed by atoms with Crippen LogP contribution < -0.4 is 11.1 Å². The standard InChI is InChI=1S/C12H21N3O2.HI/c13-12(15-8-11-4-2-6-17-11)14-7-10-3-1-5-16-9-10;/h3,11H,1-2,4-9H2,(H3,13,14,15);1H. The number of aliphatic imine (C=N–C) groups is 1. The molecule has 2 aliphatic heterocycles. The summed E-state index contributed by atoms with van der Waals surface area (Å²) in [5.74, 6) is 0.493. The van der Waals surface area contributed by atoms with Gasteiger partial charge in [0.05, 0.1) is 25.9 Å². The molecule has 3 N–H and O–H groups in total. The number of nitrogens with one attached hydrogen (secondary N) is 1. The van der Waals surface area contributed by atoms with Crippen LogP contribution in [0, 0.1) is 0 Å². The Morgan fingerprint density at radius 3 is 3.06 bits per heavy atom. The molecule has 104 valence electrons. The van der Waals surface area contributed by atoms with Crippen LogP contribution in [0.5, 0.6) is 0 Å². The van der Waals surface area contributed by atoms with Gasteiger partial charge in [-0.25, -0.2) is 4.99 Å². The first-order valence-corrected chi connectivity index (χ1v) is 6.25. The van der Waals surface area contributed by atoms with Gasteiger partial charge >= 0.3 is 0 Å². The van der Waals surface area contributed by atoms with Crippen LogP contribution in [-0.4, -0.2) is 45.0 Å². The van der Waals surface area contributed by atoms with Crippen LogP contribution in [0.1, 0.15) is 19.3 Å². The number of hydrogen-bond acceptors (Lipinski definition) is 3. The molecule has 1 saturated heterocycles. The minimum Gasteiger partial charge on any atom is -0.377 e. The van der Waals surface area contributed by atoms with Gasteiger partial charge in [-0.1, -0.05) is 6.08 Å². The molecule has 5 nitrogen and oxygen atoms in total. The minimum atomic E-state index is 0. The van der Waals surface area contributed by atoms with E-state index in [1.165, 1.54) is 5.57 Å². The quantitative estimate of drug-likeness (QED) is 0.337. The summed E-state index contributed by atoms with van der Waals surface area (Å²) in [5, 5.41) is 3.10. The van der Waals surface area contributed by atoms with Crippen LogP contribution in [-0.2, 0) is 9.47 Å². The number of guanidine groups is 1. The molecule has 1 fully saturated rings. The largest absolute Gasteiger partial charge is 0.377 e. The molecule has 0 bridgehead atoms. The highest BCUT2D eigenvalue weighted by atomic mass is 127. The molecule has 0 saturated carbocycles. The van der Waals surface area contributed by atoms with E-state index in [0.717, 1.165) is 39.0 Å². The molecule has 1 atom stereocenters. The van der Waals surface area contributed by atoms with E-state index < -0.39 is 0 Å². The molecule has 6 heteroatoms. The maximum atomic E-state index is 5.78. The highest BCUT2D eigenvalue weighted by molar-refractivity contribution is 14.0. The highest BCUT2D eigenvalue weighted by Gasteiger charge is 2.14. The lowest BCUT2D eigenvalue weighted by Gasteiger charge is -2.13. The Morgan fingerprint density at radius 1 is 1.50 bits per heavy atom. The fourth-order valence-electron chi connectivity index (χ4n) is 1.99. The van der Waals surface area contributed by atoms with Gasteiger partial charge in [0.2, 0.25) is 0 Å². The predicted octanol–water partition coefficient (Wildman–Crippen LogP) is 1.03. The van der Waals surface area contributed by atoms with Crippen LogP contribution in [0.25, 0.3) is 0 Å². The van der Waals surface area contributed by atoms with Crippen molar-refractivity contribution in [2.75, 3.05) is 32.9 Å². The second-order valence-electron chi connectivity index (χ2n) is 4.42. The van der Waals surface area contributed by atoms with E-state index in [-0.39, 0.29) is 24.0 Å². The maximum Gasteiger partial charge on any atom is 0.188 e. The first-order valence-electron chi connectivity index (χ1n) is 6.25. The van der Waals surface area contributed by atoms with Crippen LogP contribution in [0.3, 0.4) is 0 Å². The summed E-state index contributed by atoms with van der Waals surface area (Å²) in [7, 11) is 0. The van der Waals surface area contributed by atoms with Crippen LogP contribution in [0.4, 0.5) is 0 Å². The van der Waals surface area contributed by atoms with Gasteiger partial charge in [0.15, 0.2) is 5.96 Å². The predicted molar refractivity (Wildman–Crippen MR) is 82.4 cm³/mol. The van der Waals surface area contributed by atoms with E-state index in [1.807, 2.05) is 0 Å². The van der Waals surface area contributed by atoms with Crippen LogP contribution >= 0.6 is 24.0 Å². The van der Waals surface area contributed by atoms with Crippen molar-refractivity contribution in [1.29, 1.82) is 0 Å². The number of nitrogens with two attached hydrogens (primary N) is 1. The zero-order valence-corrected chi connectivity index (χ0v) is 12.9. The van der Waals surface area contributed by atoms with Crippen LogP contribution in [0.2, 0.25) is 0 Å². The lowest BCUT2D eigenvalue weighted by Crippen LogP contribution is -2.37. The van der Waals surface area contributed by atoms with Gasteiger partial charge in [-0.15, -0.1) is 24.0 Å². The third-order valence-electron chi connectivity index (χ3n) is 2.97. The fraction of sp³-hybridized carbons (Fsp3) is 0.750. The van der Waals surface area contributed by atoms with Gasteiger partial charge in [-0.2, -0.15) is 0 Å². The van der Waals surface area contributed by atoms with E-state index in [2.05, 4.69) is 16.4 Å². The van der Waals surface area contributed by atoms with E-state index in [0.29, 0.717) is 25.2 Å². The average Bonchev–Trinajstić information content (AvgIpc) is 2.88. The molecule has 0 aliphatic carbocycles. The zero-order valence-electron chi connectivity index (χ0n) is 10.6. The Labute approximate surface area is 125 Å². The molecular formula is C12H22IN3O2. The molecule has 0 aromatic carbocycles. The average molecular weight is 367 g/mol. The van der Waals surface area contributed by atoms with Gasteiger partial charge in [-0.05, 0) is 24.8 Å². The Bertz CT molecular complexity index is 302. The zero-order chi connectivity index (χ0) is 11.9. The number of hydrogen-bond donors (Lipinski definition) is 2. The summed E-state index contributed by atoms with van der Waals surface area (Å²) in [6.07, 6.45) is 5.71. The lowest BCUT2D eigenvalue weighted by atomic mass is 10.2. The van der Waals surface area contributed by atoms with E-state index >= 15 is 0 Å². The lowest BCUT2D eigenvalue weighted by molar-refractivity contribution is 0.114. The molecule has 2 heterocycles. The summed E-state index contributed by atoms with van der Waals surface area (Å²) >= 11 is 0. The maximum absolute atomic E-state index is 5.78. The smallest absolute Gasteiger partial charge is 0.188 e. The Morgan fingerprint density at radius 2 is 2.39 bits per heavy atom. The van der Waals surface area contributed by atoms with Crippen molar-refractivity contribution in [1.82, 2.24) is 5.32 Å². The van der Waals surface area contributed by atoms with Gasteiger partial charge < -0.3 is 20.5 Å². The van der Waals surface area contributed by atoms with Gasteiger partial charge in [-0.3, -0.25) is 0 Å². The third-order valence-corrected chi connectivity index (χ3v) is 2.97. The second-order valence-corrected chi connectivity index (χ2v) is 4.42. The molecule has 0 radical (unpaired) electrons. The summed E-state index contributed by atoms with van der Waals surface area (Å²) in [4.78, 5) is 4.29. The van der Waals surface area contributed by atoms with Crippen molar-refractivity contribution in [3.05, 3.63) is 11.6 Å². The minimum absolute atomic E-state index is 0. The van der Waals surface area contributed by atoms with Crippen molar-refractivity contribution >= 4 is 29.9 Å². The molecule has 1 unspecified atom stereocenters. The Hall–Kier alpha value is -0.340. The Kier molecular flexibility index (Phi) is 7.60. The normalized spacial score (nSPS) is 24.3. The van der Waals surface area contributed by atoms with E-state index in [4.69, 9.17) is 15.2 Å². The Balaban J connectivity index is 0.00000162. The summed E-state index contributed by atoms with van der Waals surface area (Å²) < 4.78 is 10.8. The van der Waals surface area contributed by atoms with E-state index in [1.54, 1.807) is 0 Å². The van der Waals surface area contributed by atoms with Gasteiger partial charge in [0.25, 0.3) is 0 Å². The van der Waals surface area contributed by atoms with Crippen molar-refractivity contribution in [2.24, 2.45) is 10.7 Å². The third kappa shape index (κ3) is 5.53. The molecule has 18 heavy (non-hydrogen) atoms. The summed E-state index contributed by atoms with van der Waals surface area (Å²) in [6, 6.07) is 0. The molecule has 0 spiro atoms. The number of nitrogens with zero attached hydrogens (tertiary/aromatic N) is 1. The number of halogens is 1. The number of rotatable bonds is 4. The van der Waals surface area contributed by atoms with Gasteiger partial charge in [0, 0.05) is 13.2 Å². The summed E-state index contributed by atoms with van der Waals surface area (Å²) in [6.45, 7) is 3.76. The summed E-state index contributed by atoms with van der Waals surface area (Å²) in [5.41, 5.74) is 6.99. The first-order chi connectivity index (χ1) is 8.34. The van der Waals surface area contributed by atoms with Crippen molar-refractivity contribution in [3.8, 4) is 0 Å². The fourth-order valence-corrected chi connectivity index (χ4v) is 1.99. The molecule has 0 aromatic heterocycles. The van der Waals surface area contributed by atoms with Crippen LogP contribution in [0.15, 0.2) is 16.6 Å². The molecule has 0 amide bonds. The monoisotopic (exact) mass is 367 g/mol. The van der Waals surface area contributed by atoms with Gasteiger partial charge in [0.1, 0.15) is 0 Å². The highest BCUT2D eigenvalue weighted by Crippen LogP contribution is 2.10. The van der Waals surface area contributed by atoms with Crippen molar-refractivity contribution in [2.45, 2.75) is 25.4 Å². The topological polar surface area (TPSA) is 68.9 Å². The first kappa shape index (κ1) is 15.7.